The summed E-state index contributed by atoms with van der Waals surface area (Å²) in [4.78, 5) is 4.14. The number of pyridine rings is 1. The zero-order chi connectivity index (χ0) is 14.0. The van der Waals surface area contributed by atoms with Crippen molar-refractivity contribution in [2.75, 3.05) is 12.0 Å². The molecule has 0 aliphatic heterocycles. The average molecular weight is 343 g/mol. The van der Waals surface area contributed by atoms with E-state index in [1.807, 2.05) is 0 Å². The van der Waals surface area contributed by atoms with Crippen molar-refractivity contribution in [1.82, 2.24) is 4.98 Å². The lowest BCUT2D eigenvalue weighted by Crippen LogP contribution is -1.97. The smallest absolute Gasteiger partial charge is 0.175 e. The van der Waals surface area contributed by atoms with E-state index >= 15 is 0 Å². The number of rotatable bonds is 3. The minimum absolute atomic E-state index is 0.238. The van der Waals surface area contributed by atoms with Crippen LogP contribution in [-0.2, 0) is 9.84 Å². The summed E-state index contributed by atoms with van der Waals surface area (Å²) >= 11 is 3.29. The number of sulfone groups is 1. The van der Waals surface area contributed by atoms with Crippen molar-refractivity contribution in [2.24, 2.45) is 0 Å². The third kappa shape index (κ3) is 3.24. The van der Waals surface area contributed by atoms with Crippen LogP contribution in [0.3, 0.4) is 0 Å². The molecule has 0 aliphatic carbocycles. The van der Waals surface area contributed by atoms with Gasteiger partial charge in [-0.3, -0.25) is 4.98 Å². The summed E-state index contributed by atoms with van der Waals surface area (Å²) in [5.41, 5.74) is 6.15. The van der Waals surface area contributed by atoms with Gasteiger partial charge in [0, 0.05) is 12.5 Å². The maximum Gasteiger partial charge on any atom is 0.175 e. The summed E-state index contributed by atoms with van der Waals surface area (Å²) < 4.78 is 28.9. The predicted molar refractivity (Wildman–Crippen MR) is 76.0 cm³/mol. The molecule has 5 nitrogen and oxygen atoms in total. The predicted octanol–water partition coefficient (Wildman–Crippen LogP) is 2.62. The standard InChI is InChI=1S/C12H11BrN2O3S/c1-19(16,17)9-4-2-8(3-5-9)18-12-10(13)6-15-7-11(12)14/h2-7H,14H2,1H3. The van der Waals surface area contributed by atoms with Crippen LogP contribution in [0, 0.1) is 0 Å². The highest BCUT2D eigenvalue weighted by Crippen LogP contribution is 2.34. The van der Waals surface area contributed by atoms with Gasteiger partial charge in [-0.15, -0.1) is 0 Å². The molecule has 0 unspecified atom stereocenters. The Bertz CT molecular complexity index is 679. The Morgan fingerprint density at radius 3 is 2.37 bits per heavy atom. The Kier molecular flexibility index (Phi) is 3.77. The molecule has 0 saturated heterocycles. The van der Waals surface area contributed by atoms with Gasteiger partial charge in [-0.25, -0.2) is 8.42 Å². The van der Waals surface area contributed by atoms with Crippen LogP contribution in [0.4, 0.5) is 5.69 Å². The lowest BCUT2D eigenvalue weighted by molar-refractivity contribution is 0.481. The molecule has 0 saturated carbocycles. The van der Waals surface area contributed by atoms with Gasteiger partial charge >= 0.3 is 0 Å². The highest BCUT2D eigenvalue weighted by atomic mass is 79.9. The molecule has 2 rings (SSSR count). The fourth-order valence-electron chi connectivity index (χ4n) is 1.42. The third-order valence-electron chi connectivity index (χ3n) is 2.35. The van der Waals surface area contributed by atoms with Gasteiger partial charge in [0.2, 0.25) is 0 Å². The maximum atomic E-state index is 11.3. The van der Waals surface area contributed by atoms with Gasteiger partial charge in [-0.05, 0) is 40.2 Å². The molecule has 1 aromatic carbocycles. The number of hydrogen-bond donors (Lipinski definition) is 1. The summed E-state index contributed by atoms with van der Waals surface area (Å²) in [6.45, 7) is 0. The summed E-state index contributed by atoms with van der Waals surface area (Å²) in [6.07, 6.45) is 4.20. The van der Waals surface area contributed by atoms with Crippen LogP contribution >= 0.6 is 15.9 Å². The van der Waals surface area contributed by atoms with Crippen LogP contribution in [0.5, 0.6) is 11.5 Å². The Morgan fingerprint density at radius 1 is 1.21 bits per heavy atom. The third-order valence-corrected chi connectivity index (χ3v) is 4.05. The Hall–Kier alpha value is -1.60. The Morgan fingerprint density at radius 2 is 1.84 bits per heavy atom. The molecule has 100 valence electrons. The molecular weight excluding hydrogens is 332 g/mol. The second-order valence-electron chi connectivity index (χ2n) is 3.89. The maximum absolute atomic E-state index is 11.3. The minimum atomic E-state index is -3.21. The number of nitrogens with two attached hydrogens (primary N) is 1. The number of nitrogen functional groups attached to an aromatic ring is 1. The van der Waals surface area contributed by atoms with Crippen LogP contribution in [0.1, 0.15) is 0 Å². The van der Waals surface area contributed by atoms with Crippen LogP contribution in [-0.4, -0.2) is 19.7 Å². The number of aromatic nitrogens is 1. The van der Waals surface area contributed by atoms with Gasteiger partial charge in [0.25, 0.3) is 0 Å². The highest BCUT2D eigenvalue weighted by molar-refractivity contribution is 9.10. The van der Waals surface area contributed by atoms with E-state index in [1.54, 1.807) is 18.3 Å². The molecule has 0 fully saturated rings. The van der Waals surface area contributed by atoms with Gasteiger partial charge in [0.15, 0.2) is 15.6 Å². The van der Waals surface area contributed by atoms with Crippen LogP contribution in [0.2, 0.25) is 0 Å². The topological polar surface area (TPSA) is 82.3 Å². The molecule has 7 heteroatoms. The lowest BCUT2D eigenvalue weighted by atomic mass is 10.3. The Labute approximate surface area is 119 Å². The molecular formula is C12H11BrN2O3S. The second-order valence-corrected chi connectivity index (χ2v) is 6.76. The first-order chi connectivity index (χ1) is 8.88. The van der Waals surface area contributed by atoms with Gasteiger partial charge in [-0.2, -0.15) is 0 Å². The quantitative estimate of drug-likeness (QED) is 0.926. The van der Waals surface area contributed by atoms with Crippen LogP contribution < -0.4 is 10.5 Å². The minimum Gasteiger partial charge on any atom is -0.454 e. The summed E-state index contributed by atoms with van der Waals surface area (Å²) in [7, 11) is -3.21. The number of nitrogens with zero attached hydrogens (tertiary/aromatic N) is 1. The molecule has 0 aliphatic rings. The molecule has 0 spiro atoms. The lowest BCUT2D eigenvalue weighted by Gasteiger charge is -2.10. The summed E-state index contributed by atoms with van der Waals surface area (Å²) in [5, 5.41) is 0. The van der Waals surface area contributed by atoms with Crippen molar-refractivity contribution in [3.8, 4) is 11.5 Å². The average Bonchev–Trinajstić information content (AvgIpc) is 2.33. The van der Waals surface area contributed by atoms with E-state index in [-0.39, 0.29) is 4.90 Å². The highest BCUT2D eigenvalue weighted by Gasteiger charge is 2.10. The van der Waals surface area contributed by atoms with E-state index in [0.717, 1.165) is 6.26 Å². The van der Waals surface area contributed by atoms with Gasteiger partial charge < -0.3 is 10.5 Å². The number of halogens is 1. The van der Waals surface area contributed by atoms with Crippen molar-refractivity contribution >= 4 is 31.5 Å². The number of anilines is 1. The van der Waals surface area contributed by atoms with E-state index in [1.165, 1.54) is 18.3 Å². The van der Waals surface area contributed by atoms with E-state index < -0.39 is 9.84 Å². The van der Waals surface area contributed by atoms with E-state index in [4.69, 9.17) is 10.5 Å². The van der Waals surface area contributed by atoms with E-state index in [0.29, 0.717) is 21.7 Å². The van der Waals surface area contributed by atoms with E-state index in [2.05, 4.69) is 20.9 Å². The first kappa shape index (κ1) is 13.8. The molecule has 1 heterocycles. The molecule has 19 heavy (non-hydrogen) atoms. The van der Waals surface area contributed by atoms with Gasteiger partial charge in [-0.1, -0.05) is 0 Å². The monoisotopic (exact) mass is 342 g/mol. The number of benzene rings is 1. The molecule has 2 N–H and O–H groups in total. The largest absolute Gasteiger partial charge is 0.454 e. The summed E-state index contributed by atoms with van der Waals surface area (Å²) in [5.74, 6) is 0.938. The number of hydrogen-bond acceptors (Lipinski definition) is 5. The molecule has 0 atom stereocenters. The van der Waals surface area contributed by atoms with E-state index in [9.17, 15) is 8.42 Å². The molecule has 0 radical (unpaired) electrons. The van der Waals surface area contributed by atoms with Crippen molar-refractivity contribution in [2.45, 2.75) is 4.90 Å². The zero-order valence-corrected chi connectivity index (χ0v) is 12.4. The normalized spacial score (nSPS) is 11.3. The first-order valence-electron chi connectivity index (χ1n) is 5.25. The number of ether oxygens (including phenoxy) is 1. The molecule has 2 aromatic rings. The Balaban J connectivity index is 2.30. The van der Waals surface area contributed by atoms with Crippen molar-refractivity contribution in [1.29, 1.82) is 0 Å². The molecule has 0 amide bonds. The van der Waals surface area contributed by atoms with Crippen LogP contribution in [0.15, 0.2) is 46.0 Å². The SMILES string of the molecule is CS(=O)(=O)c1ccc(Oc2c(N)cncc2Br)cc1. The van der Waals surface area contributed by atoms with Crippen molar-refractivity contribution in [3.63, 3.8) is 0 Å². The van der Waals surface area contributed by atoms with Crippen molar-refractivity contribution in [3.05, 3.63) is 41.1 Å². The second kappa shape index (κ2) is 5.18. The van der Waals surface area contributed by atoms with Crippen molar-refractivity contribution < 1.29 is 13.2 Å². The fourth-order valence-corrected chi connectivity index (χ4v) is 2.48. The summed E-state index contributed by atoms with van der Waals surface area (Å²) in [6, 6.07) is 6.11. The zero-order valence-electron chi connectivity index (χ0n) is 10.00. The molecule has 0 bridgehead atoms. The van der Waals surface area contributed by atoms with Crippen LogP contribution in [0.25, 0.3) is 0 Å². The molecule has 1 aromatic heterocycles. The first-order valence-corrected chi connectivity index (χ1v) is 7.93. The van der Waals surface area contributed by atoms with Gasteiger partial charge in [0.1, 0.15) is 5.75 Å². The van der Waals surface area contributed by atoms with Gasteiger partial charge in [0.05, 0.1) is 21.3 Å². The fraction of sp³-hybridized carbons (Fsp3) is 0.0833.